The maximum Gasteiger partial charge on any atom is 0.237 e. The summed E-state index contributed by atoms with van der Waals surface area (Å²) in [7, 11) is 0. The molecule has 2 fully saturated rings. The fourth-order valence-electron chi connectivity index (χ4n) is 3.51. The highest BCUT2D eigenvalue weighted by Crippen LogP contribution is 2.34. The Morgan fingerprint density at radius 1 is 1.26 bits per heavy atom. The van der Waals surface area contributed by atoms with Crippen molar-refractivity contribution in [2.24, 2.45) is 17.8 Å². The molecule has 0 spiro atoms. The fraction of sp³-hybridized carbons (Fsp3) is 0.471. The molecule has 0 aromatic heterocycles. The van der Waals surface area contributed by atoms with Crippen LogP contribution in [0.1, 0.15) is 26.2 Å². The molecular weight excluding hydrogens is 299 g/mol. The SMILES string of the molecule is CC1CC(=O)C2CC(C(=O)Nc3ccccc3F)C(=O)NC2C1. The number of rotatable bonds is 2. The van der Waals surface area contributed by atoms with Gasteiger partial charge in [-0.25, -0.2) is 4.39 Å². The lowest BCUT2D eigenvalue weighted by Crippen LogP contribution is -2.56. The maximum absolute atomic E-state index is 13.6. The van der Waals surface area contributed by atoms with Gasteiger partial charge in [-0.2, -0.15) is 0 Å². The predicted molar refractivity (Wildman–Crippen MR) is 82.0 cm³/mol. The van der Waals surface area contributed by atoms with Gasteiger partial charge in [0.25, 0.3) is 0 Å². The van der Waals surface area contributed by atoms with E-state index in [9.17, 15) is 18.8 Å². The van der Waals surface area contributed by atoms with E-state index in [1.165, 1.54) is 18.2 Å². The number of halogens is 1. The molecule has 1 heterocycles. The monoisotopic (exact) mass is 318 g/mol. The van der Waals surface area contributed by atoms with Crippen molar-refractivity contribution in [2.45, 2.75) is 32.2 Å². The summed E-state index contributed by atoms with van der Waals surface area (Å²) in [6, 6.07) is 5.60. The highest BCUT2D eigenvalue weighted by molar-refractivity contribution is 6.07. The molecular formula is C17H19FN2O3. The van der Waals surface area contributed by atoms with E-state index >= 15 is 0 Å². The molecule has 2 aliphatic rings. The third kappa shape index (κ3) is 3.11. The van der Waals surface area contributed by atoms with Gasteiger partial charge in [-0.05, 0) is 30.9 Å². The van der Waals surface area contributed by atoms with E-state index in [2.05, 4.69) is 10.6 Å². The van der Waals surface area contributed by atoms with Crippen molar-refractivity contribution in [1.82, 2.24) is 5.32 Å². The average molecular weight is 318 g/mol. The number of Topliss-reactive ketones (excluding diaryl/α,β-unsaturated/α-hetero) is 1. The van der Waals surface area contributed by atoms with Crippen LogP contribution in [0.4, 0.5) is 10.1 Å². The molecule has 1 aromatic rings. The molecule has 3 rings (SSSR count). The number of hydrogen-bond acceptors (Lipinski definition) is 3. The summed E-state index contributed by atoms with van der Waals surface area (Å²) in [6.45, 7) is 1.98. The van der Waals surface area contributed by atoms with E-state index in [1.807, 2.05) is 6.92 Å². The van der Waals surface area contributed by atoms with Crippen molar-refractivity contribution in [3.8, 4) is 0 Å². The van der Waals surface area contributed by atoms with Gasteiger partial charge < -0.3 is 10.6 Å². The van der Waals surface area contributed by atoms with Gasteiger partial charge in [0, 0.05) is 18.4 Å². The summed E-state index contributed by atoms with van der Waals surface area (Å²) >= 11 is 0. The van der Waals surface area contributed by atoms with Crippen LogP contribution < -0.4 is 10.6 Å². The highest BCUT2D eigenvalue weighted by Gasteiger charge is 2.45. The summed E-state index contributed by atoms with van der Waals surface area (Å²) in [5.41, 5.74) is 0.0380. The van der Waals surface area contributed by atoms with Crippen LogP contribution in [0.25, 0.3) is 0 Å². The van der Waals surface area contributed by atoms with Crippen LogP contribution in [0.2, 0.25) is 0 Å². The summed E-state index contributed by atoms with van der Waals surface area (Å²) in [5.74, 6) is -2.46. The summed E-state index contributed by atoms with van der Waals surface area (Å²) in [6.07, 6.45) is 1.44. The van der Waals surface area contributed by atoms with Crippen LogP contribution in [0.15, 0.2) is 24.3 Å². The Kier molecular flexibility index (Phi) is 4.15. The lowest BCUT2D eigenvalue weighted by Gasteiger charge is -2.39. The molecule has 6 heteroatoms. The van der Waals surface area contributed by atoms with Crippen molar-refractivity contribution in [3.05, 3.63) is 30.1 Å². The maximum atomic E-state index is 13.6. The first-order chi connectivity index (χ1) is 11.0. The number of piperidine rings is 1. The van der Waals surface area contributed by atoms with Crippen LogP contribution in [0.3, 0.4) is 0 Å². The van der Waals surface area contributed by atoms with Crippen LogP contribution in [0.5, 0.6) is 0 Å². The first-order valence-electron chi connectivity index (χ1n) is 7.84. The Morgan fingerprint density at radius 2 is 2.00 bits per heavy atom. The number of fused-ring (bicyclic) bond motifs is 1. The lowest BCUT2D eigenvalue weighted by atomic mass is 9.71. The number of carbonyl (C=O) groups is 3. The molecule has 1 aromatic carbocycles. The van der Waals surface area contributed by atoms with Gasteiger partial charge in [0.05, 0.1) is 5.69 Å². The molecule has 4 atom stereocenters. The van der Waals surface area contributed by atoms with E-state index in [4.69, 9.17) is 0 Å². The first kappa shape index (κ1) is 15.6. The van der Waals surface area contributed by atoms with Gasteiger partial charge in [-0.1, -0.05) is 19.1 Å². The molecule has 0 bridgehead atoms. The number of amides is 2. The van der Waals surface area contributed by atoms with E-state index in [-0.39, 0.29) is 41.7 Å². The fourth-order valence-corrected chi connectivity index (χ4v) is 3.51. The van der Waals surface area contributed by atoms with Crippen LogP contribution in [-0.4, -0.2) is 23.6 Å². The number of carbonyl (C=O) groups excluding carboxylic acids is 3. The van der Waals surface area contributed by atoms with Crippen molar-refractivity contribution in [1.29, 1.82) is 0 Å². The van der Waals surface area contributed by atoms with Crippen LogP contribution in [-0.2, 0) is 14.4 Å². The normalized spacial score (nSPS) is 30.3. The number of para-hydroxylation sites is 1. The number of benzene rings is 1. The minimum Gasteiger partial charge on any atom is -0.352 e. The number of ketones is 1. The van der Waals surface area contributed by atoms with Crippen molar-refractivity contribution >= 4 is 23.3 Å². The Morgan fingerprint density at radius 3 is 2.74 bits per heavy atom. The van der Waals surface area contributed by atoms with Crippen molar-refractivity contribution in [3.63, 3.8) is 0 Å². The second kappa shape index (κ2) is 6.10. The summed E-state index contributed by atoms with van der Waals surface area (Å²) in [5, 5.41) is 5.24. The first-order valence-corrected chi connectivity index (χ1v) is 7.84. The number of hydrogen-bond donors (Lipinski definition) is 2. The minimum absolute atomic E-state index is 0.0380. The quantitative estimate of drug-likeness (QED) is 0.818. The van der Waals surface area contributed by atoms with Gasteiger partial charge in [0.1, 0.15) is 17.5 Å². The Balaban J connectivity index is 1.73. The van der Waals surface area contributed by atoms with Gasteiger partial charge in [-0.15, -0.1) is 0 Å². The topological polar surface area (TPSA) is 75.3 Å². The molecule has 1 aliphatic carbocycles. The van der Waals surface area contributed by atoms with E-state index in [0.29, 0.717) is 6.42 Å². The molecule has 2 amide bonds. The van der Waals surface area contributed by atoms with Crippen LogP contribution in [0, 0.1) is 23.6 Å². The van der Waals surface area contributed by atoms with Gasteiger partial charge in [0.15, 0.2) is 0 Å². The average Bonchev–Trinajstić information content (AvgIpc) is 2.48. The van der Waals surface area contributed by atoms with E-state index in [0.717, 1.165) is 6.42 Å². The molecule has 1 saturated heterocycles. The lowest BCUT2D eigenvalue weighted by molar-refractivity contribution is -0.140. The summed E-state index contributed by atoms with van der Waals surface area (Å²) in [4.78, 5) is 36.7. The van der Waals surface area contributed by atoms with E-state index < -0.39 is 17.6 Å². The zero-order valence-electron chi connectivity index (χ0n) is 12.8. The Hall–Kier alpha value is -2.24. The predicted octanol–water partition coefficient (Wildman–Crippen LogP) is 1.88. The number of nitrogens with one attached hydrogen (secondary N) is 2. The molecule has 5 nitrogen and oxygen atoms in total. The minimum atomic E-state index is -0.965. The van der Waals surface area contributed by atoms with Crippen LogP contribution >= 0.6 is 0 Å². The van der Waals surface area contributed by atoms with Gasteiger partial charge in [0.2, 0.25) is 11.8 Å². The largest absolute Gasteiger partial charge is 0.352 e. The molecule has 1 aliphatic heterocycles. The summed E-state index contributed by atoms with van der Waals surface area (Å²) < 4.78 is 13.6. The molecule has 2 N–H and O–H groups in total. The van der Waals surface area contributed by atoms with Crippen molar-refractivity contribution in [2.75, 3.05) is 5.32 Å². The third-order valence-electron chi connectivity index (χ3n) is 4.69. The van der Waals surface area contributed by atoms with Gasteiger partial charge in [-0.3, -0.25) is 14.4 Å². The number of anilines is 1. The smallest absolute Gasteiger partial charge is 0.237 e. The molecule has 0 radical (unpaired) electrons. The third-order valence-corrected chi connectivity index (χ3v) is 4.69. The Labute approximate surface area is 133 Å². The zero-order chi connectivity index (χ0) is 16.6. The molecule has 23 heavy (non-hydrogen) atoms. The molecule has 4 unspecified atom stereocenters. The molecule has 122 valence electrons. The second-order valence-electron chi connectivity index (χ2n) is 6.49. The van der Waals surface area contributed by atoms with Gasteiger partial charge >= 0.3 is 0 Å². The second-order valence-corrected chi connectivity index (χ2v) is 6.49. The van der Waals surface area contributed by atoms with Crippen molar-refractivity contribution < 1.29 is 18.8 Å². The zero-order valence-corrected chi connectivity index (χ0v) is 12.8. The molecule has 1 saturated carbocycles. The standard InChI is InChI=1S/C17H19FN2O3/c1-9-6-14-10(15(21)7-9)8-11(17(23)20-14)16(22)19-13-5-3-2-4-12(13)18/h2-5,9-11,14H,6-8H2,1H3,(H,19,22)(H,20,23). The van der Waals surface area contributed by atoms with E-state index in [1.54, 1.807) is 6.07 Å². The highest BCUT2D eigenvalue weighted by atomic mass is 19.1. The Bertz CT molecular complexity index is 661.